The van der Waals surface area contributed by atoms with Crippen molar-refractivity contribution in [1.82, 2.24) is 24.6 Å². The van der Waals surface area contributed by atoms with Crippen LogP contribution in [0.1, 0.15) is 103 Å². The molecule has 0 aliphatic carbocycles. The zero-order valence-corrected chi connectivity index (χ0v) is 36.8. The Morgan fingerprint density at radius 3 is 1.92 bits per heavy atom. The molecule has 10 nitrogen and oxygen atoms in total. The normalized spacial score (nSPS) is 21.3. The van der Waals surface area contributed by atoms with Crippen LogP contribution in [0.4, 0.5) is 0 Å². The Morgan fingerprint density at radius 1 is 0.763 bits per heavy atom. The van der Waals surface area contributed by atoms with Crippen LogP contribution >= 0.6 is 0 Å². The van der Waals surface area contributed by atoms with Gasteiger partial charge in [0.05, 0.1) is 26.9 Å². The third kappa shape index (κ3) is 10.9. The van der Waals surface area contributed by atoms with E-state index in [1.54, 1.807) is 21.3 Å². The number of piperidine rings is 3. The lowest BCUT2D eigenvalue weighted by Gasteiger charge is -2.33. The number of hydrogen-bond acceptors (Lipinski definition) is 8. The van der Waals surface area contributed by atoms with Crippen molar-refractivity contribution >= 4 is 16.8 Å². The van der Waals surface area contributed by atoms with Crippen LogP contribution in [0.5, 0.6) is 11.5 Å². The molecule has 10 heteroatoms. The molecule has 1 unspecified atom stereocenters. The molecule has 1 amide bonds. The highest BCUT2D eigenvalue weighted by molar-refractivity contribution is 5.97. The zero-order chi connectivity index (χ0) is 41.5. The van der Waals surface area contributed by atoms with Gasteiger partial charge < -0.3 is 43.5 Å². The first-order chi connectivity index (χ1) is 28.5. The van der Waals surface area contributed by atoms with Crippen LogP contribution in [0, 0.1) is 0 Å². The summed E-state index contributed by atoms with van der Waals surface area (Å²) in [6.07, 6.45) is 11.4. The average Bonchev–Trinajstić information content (AvgIpc) is 3.84. The zero-order valence-electron chi connectivity index (χ0n) is 36.8. The number of aromatic nitrogens is 1. The fourth-order valence-electron chi connectivity index (χ4n) is 9.71. The van der Waals surface area contributed by atoms with Crippen LogP contribution < -0.4 is 14.8 Å². The highest BCUT2D eigenvalue weighted by Crippen LogP contribution is 2.35. The molecule has 1 atom stereocenters. The van der Waals surface area contributed by atoms with Crippen LogP contribution in [0.15, 0.2) is 66.9 Å². The van der Waals surface area contributed by atoms with E-state index in [4.69, 9.17) is 18.9 Å². The van der Waals surface area contributed by atoms with Crippen LogP contribution in [-0.2, 0) is 22.3 Å². The number of carbonyl (C=O) groups is 1. The van der Waals surface area contributed by atoms with Crippen molar-refractivity contribution in [3.05, 3.63) is 94.7 Å². The van der Waals surface area contributed by atoms with Crippen molar-refractivity contribution < 1.29 is 23.7 Å². The quantitative estimate of drug-likeness (QED) is 0.164. The first-order valence-electron chi connectivity index (χ1n) is 22.1. The summed E-state index contributed by atoms with van der Waals surface area (Å²) in [5.74, 6) is 2.80. The fraction of sp³-hybridized carbons (Fsp3) is 0.571. The highest BCUT2D eigenvalue weighted by atomic mass is 16.7. The van der Waals surface area contributed by atoms with E-state index in [-0.39, 0.29) is 12.0 Å². The maximum absolute atomic E-state index is 12.1. The Bertz CT molecular complexity index is 1990. The number of fused-ring (bicyclic) bond motifs is 1. The molecule has 5 heterocycles. The number of carbonyl (C=O) groups excluding carboxylic acids is 1. The Labute approximate surface area is 353 Å². The van der Waals surface area contributed by atoms with Gasteiger partial charge in [-0.3, -0.25) is 4.79 Å². The van der Waals surface area contributed by atoms with Crippen LogP contribution in [0.3, 0.4) is 0 Å². The number of methoxy groups -OCH3 is 2. The van der Waals surface area contributed by atoms with Crippen molar-refractivity contribution in [2.75, 3.05) is 87.8 Å². The second-order valence-corrected chi connectivity index (χ2v) is 17.9. The van der Waals surface area contributed by atoms with Gasteiger partial charge in [0.15, 0.2) is 5.79 Å². The summed E-state index contributed by atoms with van der Waals surface area (Å²) in [7, 11) is 9.64. The molecule has 320 valence electrons. The standard InChI is InChI=1S/C30H40N4O2.C19H29NO3/c1-31-30(35)26-5-4-23-11-19-34(28(23)21-26)27-12-17-33(18-13-27)16-10-25-20-24(6-7-29(25)36-3)22-8-14-32(2)15-9-22;1-19(2)22-13-17(23-19)12-16-11-15(5-6-18(16)21-4)14-7-9-20(3)10-8-14/h4-7,11,19-22,27H,8-10,12-18H2,1-3H3,(H,31,35);5-6,11,14,17H,7-10,12-13H2,1-4H3. The molecule has 1 aromatic heterocycles. The molecule has 59 heavy (non-hydrogen) atoms. The molecule has 1 N–H and O–H groups in total. The van der Waals surface area contributed by atoms with Gasteiger partial charge in [-0.2, -0.15) is 0 Å². The van der Waals surface area contributed by atoms with E-state index < -0.39 is 5.79 Å². The number of amides is 1. The van der Waals surface area contributed by atoms with E-state index in [2.05, 4.69) is 93.4 Å². The number of rotatable bonds is 11. The minimum atomic E-state index is -0.469. The second kappa shape index (κ2) is 19.6. The Morgan fingerprint density at radius 2 is 1.36 bits per heavy atom. The Hall–Kier alpha value is -3.93. The summed E-state index contributed by atoms with van der Waals surface area (Å²) in [5, 5.41) is 3.93. The number of hydrogen-bond donors (Lipinski definition) is 1. The second-order valence-electron chi connectivity index (χ2n) is 17.9. The lowest BCUT2D eigenvalue weighted by atomic mass is 9.88. The van der Waals surface area contributed by atoms with Gasteiger partial charge in [0, 0.05) is 56.4 Å². The number of benzene rings is 3. The van der Waals surface area contributed by atoms with Gasteiger partial charge in [-0.15, -0.1) is 0 Å². The van der Waals surface area contributed by atoms with Gasteiger partial charge in [0.25, 0.3) is 5.91 Å². The number of ether oxygens (including phenoxy) is 4. The van der Waals surface area contributed by atoms with Crippen molar-refractivity contribution in [1.29, 1.82) is 0 Å². The fourth-order valence-corrected chi connectivity index (χ4v) is 9.71. The first-order valence-corrected chi connectivity index (χ1v) is 22.1. The van der Waals surface area contributed by atoms with Gasteiger partial charge in [-0.05, 0) is 169 Å². The number of likely N-dealkylation sites (tertiary alicyclic amines) is 3. The summed E-state index contributed by atoms with van der Waals surface area (Å²) >= 11 is 0. The molecule has 4 fully saturated rings. The minimum Gasteiger partial charge on any atom is -0.496 e. The summed E-state index contributed by atoms with van der Waals surface area (Å²) in [4.78, 5) is 19.6. The predicted octanol–water partition coefficient (Wildman–Crippen LogP) is 7.90. The molecular weight excluding hydrogens is 739 g/mol. The van der Waals surface area contributed by atoms with E-state index in [9.17, 15) is 4.79 Å². The van der Waals surface area contributed by atoms with Gasteiger partial charge in [0.1, 0.15) is 11.5 Å². The molecule has 4 aromatic rings. The van der Waals surface area contributed by atoms with Gasteiger partial charge in [-0.25, -0.2) is 0 Å². The van der Waals surface area contributed by atoms with E-state index >= 15 is 0 Å². The number of nitrogens with zero attached hydrogens (tertiary/aromatic N) is 4. The molecule has 4 saturated heterocycles. The molecule has 0 spiro atoms. The summed E-state index contributed by atoms with van der Waals surface area (Å²) in [5.41, 5.74) is 7.37. The Kier molecular flexibility index (Phi) is 14.4. The molecule has 4 aliphatic heterocycles. The van der Waals surface area contributed by atoms with Crippen LogP contribution in [-0.4, -0.2) is 125 Å². The van der Waals surface area contributed by atoms with Crippen molar-refractivity contribution in [2.45, 2.75) is 95.0 Å². The Balaban J connectivity index is 0.000000198. The molecule has 0 bridgehead atoms. The summed E-state index contributed by atoms with van der Waals surface area (Å²) in [6, 6.07) is 22.2. The largest absolute Gasteiger partial charge is 0.496 e. The molecule has 0 radical (unpaired) electrons. The lowest BCUT2D eigenvalue weighted by molar-refractivity contribution is -0.138. The maximum atomic E-state index is 12.1. The average molecular weight is 808 g/mol. The molecule has 8 rings (SSSR count). The summed E-state index contributed by atoms with van der Waals surface area (Å²) < 4.78 is 25.3. The lowest BCUT2D eigenvalue weighted by Crippen LogP contribution is -2.36. The van der Waals surface area contributed by atoms with Gasteiger partial charge in [-0.1, -0.05) is 30.3 Å². The molecular formula is C49H69N5O5. The van der Waals surface area contributed by atoms with Gasteiger partial charge in [0.2, 0.25) is 0 Å². The SMILES string of the molecule is CNC(=O)c1ccc2ccn(C3CCN(CCc4cc(C5CCN(C)CC5)ccc4OC)CC3)c2c1.COc1ccc(C2CCN(C)CC2)cc1CC1COC(C)(C)O1. The van der Waals surface area contributed by atoms with Gasteiger partial charge >= 0.3 is 0 Å². The van der Waals surface area contributed by atoms with E-state index in [1.807, 2.05) is 26.0 Å². The molecule has 4 aliphatic rings. The maximum Gasteiger partial charge on any atom is 0.251 e. The van der Waals surface area contributed by atoms with Crippen molar-refractivity contribution in [3.8, 4) is 11.5 Å². The highest BCUT2D eigenvalue weighted by Gasteiger charge is 2.33. The van der Waals surface area contributed by atoms with E-state index in [0.717, 1.165) is 67.9 Å². The van der Waals surface area contributed by atoms with E-state index in [0.29, 0.717) is 24.5 Å². The monoisotopic (exact) mass is 808 g/mol. The van der Waals surface area contributed by atoms with E-state index in [1.165, 1.54) is 79.5 Å². The van der Waals surface area contributed by atoms with Crippen molar-refractivity contribution in [3.63, 3.8) is 0 Å². The van der Waals surface area contributed by atoms with Crippen LogP contribution in [0.25, 0.3) is 10.9 Å². The van der Waals surface area contributed by atoms with Crippen molar-refractivity contribution in [2.24, 2.45) is 0 Å². The summed E-state index contributed by atoms with van der Waals surface area (Å²) in [6.45, 7) is 12.6. The predicted molar refractivity (Wildman–Crippen MR) is 237 cm³/mol. The first kappa shape index (κ1) is 43.2. The topological polar surface area (TPSA) is 80.7 Å². The molecule has 3 aromatic carbocycles. The minimum absolute atomic E-state index is 0.0326. The van der Waals surface area contributed by atoms with Crippen LogP contribution in [0.2, 0.25) is 0 Å². The third-order valence-electron chi connectivity index (χ3n) is 13.4. The molecule has 0 saturated carbocycles. The number of nitrogens with one attached hydrogen (secondary N) is 1. The smallest absolute Gasteiger partial charge is 0.251 e. The third-order valence-corrected chi connectivity index (χ3v) is 13.4.